The summed E-state index contributed by atoms with van der Waals surface area (Å²) in [5.41, 5.74) is 1.65. The molecular weight excluding hydrogens is 274 g/mol. The van der Waals surface area contributed by atoms with Crippen molar-refractivity contribution < 1.29 is 4.79 Å². The molecule has 4 nitrogen and oxygen atoms in total. The quantitative estimate of drug-likeness (QED) is 0.940. The zero-order valence-corrected chi connectivity index (χ0v) is 13.1. The summed E-state index contributed by atoms with van der Waals surface area (Å²) < 4.78 is 0. The van der Waals surface area contributed by atoms with E-state index in [4.69, 9.17) is 0 Å². The van der Waals surface area contributed by atoms with E-state index in [-0.39, 0.29) is 5.91 Å². The van der Waals surface area contributed by atoms with Crippen LogP contribution in [0.1, 0.15) is 32.6 Å². The average molecular weight is 297 g/mol. The van der Waals surface area contributed by atoms with Crippen LogP contribution in [0.4, 0.5) is 5.69 Å². The molecule has 1 aliphatic rings. The summed E-state index contributed by atoms with van der Waals surface area (Å²) in [4.78, 5) is 19.1. The maximum Gasteiger partial charge on any atom is 0.238 e. The number of hydrogen-bond donors (Lipinski definition) is 1. The highest BCUT2D eigenvalue weighted by atomic mass is 16.2. The first kappa shape index (κ1) is 15.0. The van der Waals surface area contributed by atoms with Crippen molar-refractivity contribution in [2.45, 2.75) is 38.6 Å². The number of piperidine rings is 1. The Labute approximate surface area is 131 Å². The number of pyridine rings is 1. The highest BCUT2D eigenvalue weighted by molar-refractivity contribution is 6.00. The molecular formula is C18H23N3O. The number of carbonyl (C=O) groups excluding carboxylic acids is 1. The van der Waals surface area contributed by atoms with Crippen LogP contribution in [0, 0.1) is 0 Å². The van der Waals surface area contributed by atoms with Crippen molar-refractivity contribution in [2.75, 3.05) is 18.4 Å². The summed E-state index contributed by atoms with van der Waals surface area (Å²) in [5, 5.41) is 4.08. The van der Waals surface area contributed by atoms with Gasteiger partial charge >= 0.3 is 0 Å². The van der Waals surface area contributed by atoms with E-state index in [0.717, 1.165) is 29.6 Å². The van der Waals surface area contributed by atoms with Gasteiger partial charge < -0.3 is 5.32 Å². The number of rotatable bonds is 4. The third-order valence-corrected chi connectivity index (χ3v) is 4.47. The molecule has 1 N–H and O–H groups in total. The Hall–Kier alpha value is -1.94. The number of amides is 1. The Balaban J connectivity index is 1.70. The number of benzene rings is 1. The number of fused-ring (bicyclic) bond motifs is 1. The highest BCUT2D eigenvalue weighted by Crippen LogP contribution is 2.22. The van der Waals surface area contributed by atoms with Gasteiger partial charge in [-0.05, 0) is 37.9 Å². The molecule has 0 saturated carbocycles. The molecule has 1 fully saturated rings. The third kappa shape index (κ3) is 3.28. The lowest BCUT2D eigenvalue weighted by Crippen LogP contribution is -2.43. The molecule has 2 aromatic rings. The zero-order valence-electron chi connectivity index (χ0n) is 13.1. The van der Waals surface area contributed by atoms with E-state index in [1.807, 2.05) is 30.3 Å². The Morgan fingerprint density at radius 1 is 1.32 bits per heavy atom. The minimum atomic E-state index is 0.0542. The van der Waals surface area contributed by atoms with Crippen molar-refractivity contribution >= 4 is 22.5 Å². The van der Waals surface area contributed by atoms with E-state index < -0.39 is 0 Å². The Bertz CT molecular complexity index is 650. The first-order chi connectivity index (χ1) is 10.8. The standard InChI is InChI=1S/C18H23N3O/c1-2-15-9-3-4-12-21(15)13-17(22)20-16-10-5-7-14-8-6-11-19-18(14)16/h5-8,10-11,15H,2-4,9,12-13H2,1H3,(H,20,22). The fourth-order valence-electron chi connectivity index (χ4n) is 3.31. The number of nitrogens with one attached hydrogen (secondary N) is 1. The van der Waals surface area contributed by atoms with Crippen molar-refractivity contribution in [1.29, 1.82) is 0 Å². The van der Waals surface area contributed by atoms with Crippen LogP contribution < -0.4 is 5.32 Å². The van der Waals surface area contributed by atoms with Gasteiger partial charge in [-0.2, -0.15) is 0 Å². The normalized spacial score (nSPS) is 19.2. The van der Waals surface area contributed by atoms with E-state index >= 15 is 0 Å². The molecule has 1 amide bonds. The molecule has 116 valence electrons. The summed E-state index contributed by atoms with van der Waals surface area (Å²) in [6.45, 7) is 3.71. The van der Waals surface area contributed by atoms with E-state index in [9.17, 15) is 4.79 Å². The lowest BCUT2D eigenvalue weighted by molar-refractivity contribution is -0.118. The van der Waals surface area contributed by atoms with Crippen LogP contribution in [0.25, 0.3) is 10.9 Å². The number of likely N-dealkylation sites (tertiary alicyclic amines) is 1. The molecule has 0 bridgehead atoms. The molecule has 1 aliphatic heterocycles. The molecule has 3 rings (SSSR count). The Kier molecular flexibility index (Phi) is 4.68. The van der Waals surface area contributed by atoms with Crippen molar-refractivity contribution in [1.82, 2.24) is 9.88 Å². The molecule has 1 atom stereocenters. The summed E-state index contributed by atoms with van der Waals surface area (Å²) in [5.74, 6) is 0.0542. The molecule has 0 aliphatic carbocycles. The number of hydrogen-bond acceptors (Lipinski definition) is 3. The molecule has 4 heteroatoms. The van der Waals surface area contributed by atoms with E-state index in [0.29, 0.717) is 12.6 Å². The minimum absolute atomic E-state index is 0.0542. The van der Waals surface area contributed by atoms with Crippen LogP contribution in [0.5, 0.6) is 0 Å². The van der Waals surface area contributed by atoms with Crippen molar-refractivity contribution in [3.8, 4) is 0 Å². The topological polar surface area (TPSA) is 45.2 Å². The summed E-state index contributed by atoms with van der Waals surface area (Å²) in [6.07, 6.45) is 6.56. The summed E-state index contributed by atoms with van der Waals surface area (Å²) in [6, 6.07) is 10.3. The molecule has 0 radical (unpaired) electrons. The van der Waals surface area contributed by atoms with Gasteiger partial charge in [-0.1, -0.05) is 31.5 Å². The van der Waals surface area contributed by atoms with Crippen LogP contribution in [-0.4, -0.2) is 34.9 Å². The third-order valence-electron chi connectivity index (χ3n) is 4.47. The van der Waals surface area contributed by atoms with Gasteiger partial charge in [0.25, 0.3) is 0 Å². The summed E-state index contributed by atoms with van der Waals surface area (Å²) in [7, 11) is 0. The van der Waals surface area contributed by atoms with Crippen LogP contribution in [0.2, 0.25) is 0 Å². The SMILES string of the molecule is CCC1CCCCN1CC(=O)Nc1cccc2cccnc12. The second kappa shape index (κ2) is 6.88. The lowest BCUT2D eigenvalue weighted by Gasteiger charge is -2.34. The first-order valence-electron chi connectivity index (χ1n) is 8.15. The Morgan fingerprint density at radius 2 is 2.18 bits per heavy atom. The van der Waals surface area contributed by atoms with Gasteiger partial charge in [0, 0.05) is 17.6 Å². The van der Waals surface area contributed by atoms with Gasteiger partial charge in [0.1, 0.15) is 0 Å². The van der Waals surface area contributed by atoms with Gasteiger partial charge in [0.2, 0.25) is 5.91 Å². The number of para-hydroxylation sites is 1. The van der Waals surface area contributed by atoms with Crippen molar-refractivity contribution in [2.24, 2.45) is 0 Å². The van der Waals surface area contributed by atoms with Gasteiger partial charge in [0.05, 0.1) is 17.7 Å². The zero-order chi connectivity index (χ0) is 15.4. The molecule has 1 unspecified atom stereocenters. The molecule has 1 aromatic carbocycles. The van der Waals surface area contributed by atoms with Crippen molar-refractivity contribution in [3.05, 3.63) is 36.5 Å². The average Bonchev–Trinajstić information content (AvgIpc) is 2.55. The lowest BCUT2D eigenvalue weighted by atomic mass is 10.00. The largest absolute Gasteiger partial charge is 0.323 e. The van der Waals surface area contributed by atoms with Crippen LogP contribution in [0.3, 0.4) is 0 Å². The van der Waals surface area contributed by atoms with Gasteiger partial charge in [0.15, 0.2) is 0 Å². The Morgan fingerprint density at radius 3 is 3.05 bits per heavy atom. The number of aromatic nitrogens is 1. The van der Waals surface area contributed by atoms with Gasteiger partial charge in [-0.25, -0.2) is 0 Å². The fraction of sp³-hybridized carbons (Fsp3) is 0.444. The molecule has 1 saturated heterocycles. The number of anilines is 1. The maximum absolute atomic E-state index is 12.4. The molecule has 22 heavy (non-hydrogen) atoms. The first-order valence-corrected chi connectivity index (χ1v) is 8.15. The smallest absolute Gasteiger partial charge is 0.238 e. The van der Waals surface area contributed by atoms with Gasteiger partial charge in [-0.3, -0.25) is 14.7 Å². The number of nitrogens with zero attached hydrogens (tertiary/aromatic N) is 2. The molecule has 0 spiro atoms. The minimum Gasteiger partial charge on any atom is -0.323 e. The van der Waals surface area contributed by atoms with Gasteiger partial charge in [-0.15, -0.1) is 0 Å². The monoisotopic (exact) mass is 297 g/mol. The van der Waals surface area contributed by atoms with E-state index in [1.54, 1.807) is 6.20 Å². The molecule has 1 aromatic heterocycles. The second-order valence-electron chi connectivity index (χ2n) is 5.96. The summed E-state index contributed by atoms with van der Waals surface area (Å²) >= 11 is 0. The predicted molar refractivity (Wildman–Crippen MR) is 89.9 cm³/mol. The van der Waals surface area contributed by atoms with Crippen LogP contribution >= 0.6 is 0 Å². The second-order valence-corrected chi connectivity index (χ2v) is 5.96. The highest BCUT2D eigenvalue weighted by Gasteiger charge is 2.22. The van der Waals surface area contributed by atoms with E-state index in [1.165, 1.54) is 19.3 Å². The van der Waals surface area contributed by atoms with Crippen molar-refractivity contribution in [3.63, 3.8) is 0 Å². The van der Waals surface area contributed by atoms with E-state index in [2.05, 4.69) is 22.1 Å². The predicted octanol–water partition coefficient (Wildman–Crippen LogP) is 3.44. The van der Waals surface area contributed by atoms with Crippen LogP contribution in [-0.2, 0) is 4.79 Å². The maximum atomic E-state index is 12.4. The fourth-order valence-corrected chi connectivity index (χ4v) is 3.31. The van der Waals surface area contributed by atoms with Crippen LogP contribution in [0.15, 0.2) is 36.5 Å². The number of carbonyl (C=O) groups is 1. The molecule has 2 heterocycles.